The van der Waals surface area contributed by atoms with Crippen LogP contribution in [0.5, 0.6) is 0 Å². The maximum absolute atomic E-state index is 10.6. The second-order valence-electron chi connectivity index (χ2n) is 1.46. The number of nitrogens with one attached hydrogen (secondary N) is 1. The molecule has 0 aromatic carbocycles. The Kier molecular flexibility index (Phi) is 3.76. The summed E-state index contributed by atoms with van der Waals surface area (Å²) in [6.45, 7) is 4.97. The van der Waals surface area contributed by atoms with Gasteiger partial charge in [0.05, 0.1) is 5.75 Å². The van der Waals surface area contributed by atoms with Gasteiger partial charge in [-0.05, 0) is 6.92 Å². The van der Waals surface area contributed by atoms with Crippen LogP contribution in [0.3, 0.4) is 0 Å². The fourth-order valence-corrected chi connectivity index (χ4v) is 1.06. The summed E-state index contributed by atoms with van der Waals surface area (Å²) in [5, 5.41) is 0. The zero-order chi connectivity index (χ0) is 7.33. The third-order valence-electron chi connectivity index (χ3n) is 0.690. The highest BCUT2D eigenvalue weighted by Crippen LogP contribution is 1.78. The van der Waals surface area contributed by atoms with Crippen LogP contribution in [-0.4, -0.2) is 27.3 Å². The molecule has 0 saturated heterocycles. The lowest BCUT2D eigenvalue weighted by atomic mass is 10.8. The summed E-state index contributed by atoms with van der Waals surface area (Å²) in [7, 11) is -3.18. The predicted octanol–water partition coefficient (Wildman–Crippen LogP) is -1.42. The Morgan fingerprint density at radius 2 is 2.11 bits per heavy atom. The van der Waals surface area contributed by atoms with Crippen molar-refractivity contribution in [2.45, 2.75) is 0 Å². The standard InChI is InChI=1S/C4H10N2O2S/c1-2-6-9(7,8)4-3-5/h1,6H,2-5H2. The molecule has 0 aliphatic carbocycles. The summed E-state index contributed by atoms with van der Waals surface area (Å²) in [5.74, 6) is -0.0653. The van der Waals surface area contributed by atoms with Crippen molar-refractivity contribution < 1.29 is 8.42 Å². The van der Waals surface area contributed by atoms with E-state index in [1.807, 2.05) is 0 Å². The zero-order valence-electron chi connectivity index (χ0n) is 5.00. The van der Waals surface area contributed by atoms with Crippen LogP contribution < -0.4 is 10.5 Å². The third-order valence-corrected chi connectivity index (χ3v) is 2.07. The summed E-state index contributed by atoms with van der Waals surface area (Å²) >= 11 is 0. The lowest BCUT2D eigenvalue weighted by Gasteiger charge is -1.99. The Morgan fingerprint density at radius 1 is 1.56 bits per heavy atom. The molecule has 0 aromatic heterocycles. The Morgan fingerprint density at radius 3 is 2.44 bits per heavy atom. The molecule has 0 aliphatic heterocycles. The van der Waals surface area contributed by atoms with Crippen molar-refractivity contribution in [3.8, 4) is 0 Å². The molecule has 0 heterocycles. The first-order valence-electron chi connectivity index (χ1n) is 2.50. The minimum Gasteiger partial charge on any atom is -0.329 e. The third kappa shape index (κ3) is 4.38. The highest BCUT2D eigenvalue weighted by Gasteiger charge is 2.04. The quantitative estimate of drug-likeness (QED) is 0.516. The number of sulfonamides is 1. The highest BCUT2D eigenvalue weighted by atomic mass is 32.2. The topological polar surface area (TPSA) is 72.2 Å². The van der Waals surface area contributed by atoms with E-state index < -0.39 is 10.0 Å². The van der Waals surface area contributed by atoms with Gasteiger partial charge < -0.3 is 5.73 Å². The second kappa shape index (κ2) is 3.81. The van der Waals surface area contributed by atoms with E-state index in [0.29, 0.717) is 0 Å². The van der Waals surface area contributed by atoms with E-state index in [4.69, 9.17) is 12.7 Å². The first kappa shape index (κ1) is 8.87. The number of nitrogens with two attached hydrogens (primary N) is 1. The molecule has 0 spiro atoms. The van der Waals surface area contributed by atoms with E-state index in [1.165, 1.54) is 0 Å². The van der Waals surface area contributed by atoms with Crippen LogP contribution in [0.15, 0.2) is 0 Å². The number of rotatable bonds is 4. The van der Waals surface area contributed by atoms with Crippen molar-refractivity contribution in [3.05, 3.63) is 6.92 Å². The van der Waals surface area contributed by atoms with Gasteiger partial charge in [-0.3, -0.25) is 0 Å². The first-order valence-corrected chi connectivity index (χ1v) is 4.15. The van der Waals surface area contributed by atoms with Crippen LogP contribution in [0.4, 0.5) is 0 Å². The number of hydrogen-bond donors (Lipinski definition) is 2. The second-order valence-corrected chi connectivity index (χ2v) is 3.38. The SMILES string of the molecule is [CH]CNS(=O)(=O)CCN. The molecule has 9 heavy (non-hydrogen) atoms. The van der Waals surface area contributed by atoms with Crippen molar-refractivity contribution in [2.75, 3.05) is 18.8 Å². The van der Waals surface area contributed by atoms with Gasteiger partial charge in [-0.15, -0.1) is 0 Å². The minimum absolute atomic E-state index is 0.0653. The number of hydrogen-bond acceptors (Lipinski definition) is 3. The van der Waals surface area contributed by atoms with E-state index in [0.717, 1.165) is 0 Å². The average Bonchev–Trinajstić information content (AvgIpc) is 1.64. The maximum Gasteiger partial charge on any atom is 0.212 e. The average molecular weight is 150 g/mol. The molecule has 0 amide bonds. The zero-order valence-corrected chi connectivity index (χ0v) is 5.82. The van der Waals surface area contributed by atoms with Crippen molar-refractivity contribution in [3.63, 3.8) is 0 Å². The molecule has 0 bridgehead atoms. The molecule has 2 radical (unpaired) electrons. The fraction of sp³-hybridized carbons (Fsp3) is 0.750. The van der Waals surface area contributed by atoms with Crippen molar-refractivity contribution >= 4 is 10.0 Å². The van der Waals surface area contributed by atoms with Crippen LogP contribution >= 0.6 is 0 Å². The van der Waals surface area contributed by atoms with Gasteiger partial charge in [-0.2, -0.15) is 0 Å². The van der Waals surface area contributed by atoms with Crippen molar-refractivity contribution in [2.24, 2.45) is 5.73 Å². The van der Waals surface area contributed by atoms with E-state index in [9.17, 15) is 8.42 Å². The van der Waals surface area contributed by atoms with Gasteiger partial charge in [-0.25, -0.2) is 13.1 Å². The molecule has 0 saturated carbocycles. The molecule has 0 unspecified atom stereocenters. The van der Waals surface area contributed by atoms with Gasteiger partial charge in [0.15, 0.2) is 0 Å². The highest BCUT2D eigenvalue weighted by molar-refractivity contribution is 7.89. The largest absolute Gasteiger partial charge is 0.329 e. The Balaban J connectivity index is 3.73. The van der Waals surface area contributed by atoms with Crippen LogP contribution in [-0.2, 0) is 10.0 Å². The van der Waals surface area contributed by atoms with E-state index in [2.05, 4.69) is 4.72 Å². The van der Waals surface area contributed by atoms with E-state index in [1.54, 1.807) is 0 Å². The molecule has 4 nitrogen and oxygen atoms in total. The smallest absolute Gasteiger partial charge is 0.212 e. The molecular formula is C4H10N2O2S. The van der Waals surface area contributed by atoms with Crippen LogP contribution in [0.1, 0.15) is 0 Å². The van der Waals surface area contributed by atoms with E-state index in [-0.39, 0.29) is 18.8 Å². The molecule has 0 fully saturated rings. The molecule has 0 aliphatic rings. The van der Waals surface area contributed by atoms with Gasteiger partial charge in [0, 0.05) is 13.1 Å². The predicted molar refractivity (Wildman–Crippen MR) is 35.1 cm³/mol. The van der Waals surface area contributed by atoms with Crippen LogP contribution in [0, 0.1) is 6.92 Å². The lowest BCUT2D eigenvalue weighted by molar-refractivity contribution is 0.585. The van der Waals surface area contributed by atoms with Crippen LogP contribution in [0.2, 0.25) is 0 Å². The van der Waals surface area contributed by atoms with Gasteiger partial charge in [0.2, 0.25) is 10.0 Å². The Hall–Kier alpha value is -0.130. The molecule has 0 atom stereocenters. The first-order chi connectivity index (χ1) is 4.12. The van der Waals surface area contributed by atoms with Gasteiger partial charge in [0.25, 0.3) is 0 Å². The van der Waals surface area contributed by atoms with Crippen molar-refractivity contribution in [1.82, 2.24) is 4.72 Å². The lowest BCUT2D eigenvalue weighted by Crippen LogP contribution is -2.29. The maximum atomic E-state index is 10.6. The monoisotopic (exact) mass is 150 g/mol. The normalized spacial score (nSPS) is 11.8. The molecule has 5 heteroatoms. The summed E-state index contributed by atoms with van der Waals surface area (Å²) in [6, 6.07) is 0. The molecular weight excluding hydrogens is 140 g/mol. The van der Waals surface area contributed by atoms with E-state index >= 15 is 0 Å². The Bertz CT molecular complexity index is 140. The molecule has 54 valence electrons. The molecule has 0 aromatic rings. The molecule has 3 N–H and O–H groups in total. The summed E-state index contributed by atoms with van der Waals surface area (Å²) in [5.41, 5.74) is 4.98. The summed E-state index contributed by atoms with van der Waals surface area (Å²) < 4.78 is 23.2. The minimum atomic E-state index is -3.18. The summed E-state index contributed by atoms with van der Waals surface area (Å²) in [4.78, 5) is 0. The van der Waals surface area contributed by atoms with Crippen molar-refractivity contribution in [1.29, 1.82) is 0 Å². The molecule has 0 rings (SSSR count). The van der Waals surface area contributed by atoms with Gasteiger partial charge in [-0.1, -0.05) is 0 Å². The van der Waals surface area contributed by atoms with Crippen LogP contribution in [0.25, 0.3) is 0 Å². The summed E-state index contributed by atoms with van der Waals surface area (Å²) in [6.07, 6.45) is 0. The Labute approximate surface area is 55.5 Å². The van der Waals surface area contributed by atoms with Gasteiger partial charge >= 0.3 is 0 Å². The van der Waals surface area contributed by atoms with Gasteiger partial charge in [0.1, 0.15) is 0 Å². The fourth-order valence-electron chi connectivity index (χ4n) is 0.354.